The zero-order valence-electron chi connectivity index (χ0n) is 13.9. The second-order valence-corrected chi connectivity index (χ2v) is 6.82. The molecule has 3 rings (SSSR count). The fourth-order valence-electron chi connectivity index (χ4n) is 2.83. The molecule has 0 atom stereocenters. The summed E-state index contributed by atoms with van der Waals surface area (Å²) in [5.74, 6) is 0.0700. The van der Waals surface area contributed by atoms with Crippen LogP contribution in [0.15, 0.2) is 35.8 Å². The Bertz CT molecular complexity index is 684. The standard InChI is InChI=1S/C17H21N5O2S/c23-15(7-6-13-4-2-1-3-5-13)19-14-8-10-22(11-9-14)17(24)20-16-21-18-12-25-16/h1-5,12,14H,6-11H2,(H,19,23)(H,20,21,24). The topological polar surface area (TPSA) is 87.2 Å². The summed E-state index contributed by atoms with van der Waals surface area (Å²) < 4.78 is 0. The number of carbonyl (C=O) groups excluding carboxylic acids is 2. The van der Waals surface area contributed by atoms with Crippen LogP contribution in [0, 0.1) is 0 Å². The lowest BCUT2D eigenvalue weighted by molar-refractivity contribution is -0.122. The van der Waals surface area contributed by atoms with Crippen LogP contribution in [0.5, 0.6) is 0 Å². The summed E-state index contributed by atoms with van der Waals surface area (Å²) in [7, 11) is 0. The van der Waals surface area contributed by atoms with Crippen LogP contribution < -0.4 is 10.6 Å². The number of aromatic nitrogens is 2. The first-order valence-electron chi connectivity index (χ1n) is 8.36. The first-order chi connectivity index (χ1) is 12.2. The van der Waals surface area contributed by atoms with E-state index in [2.05, 4.69) is 20.8 Å². The zero-order valence-corrected chi connectivity index (χ0v) is 14.7. The number of piperidine rings is 1. The number of hydrogen-bond donors (Lipinski definition) is 2. The van der Waals surface area contributed by atoms with Crippen molar-refractivity contribution < 1.29 is 9.59 Å². The molecule has 2 heterocycles. The van der Waals surface area contributed by atoms with Crippen LogP contribution in [-0.4, -0.2) is 46.2 Å². The summed E-state index contributed by atoms with van der Waals surface area (Å²) >= 11 is 1.29. The van der Waals surface area contributed by atoms with Crippen LogP contribution >= 0.6 is 11.3 Å². The van der Waals surface area contributed by atoms with E-state index in [1.807, 2.05) is 30.3 Å². The molecule has 132 valence electrons. The SMILES string of the molecule is O=C(CCc1ccccc1)NC1CCN(C(=O)Nc2nncs2)CC1. The molecule has 1 aliphatic rings. The first-order valence-corrected chi connectivity index (χ1v) is 9.24. The van der Waals surface area contributed by atoms with Gasteiger partial charge in [0.15, 0.2) is 0 Å². The van der Waals surface area contributed by atoms with Crippen LogP contribution in [0.1, 0.15) is 24.8 Å². The maximum absolute atomic E-state index is 12.1. The minimum atomic E-state index is -0.161. The van der Waals surface area contributed by atoms with Crippen molar-refractivity contribution in [1.82, 2.24) is 20.4 Å². The Morgan fingerprint density at radius 3 is 2.64 bits per heavy atom. The van der Waals surface area contributed by atoms with E-state index in [0.717, 1.165) is 19.3 Å². The van der Waals surface area contributed by atoms with Gasteiger partial charge in [-0.25, -0.2) is 4.79 Å². The van der Waals surface area contributed by atoms with E-state index < -0.39 is 0 Å². The van der Waals surface area contributed by atoms with Crippen LogP contribution in [0.2, 0.25) is 0 Å². The van der Waals surface area contributed by atoms with Gasteiger partial charge in [0, 0.05) is 25.6 Å². The molecule has 2 N–H and O–H groups in total. The molecule has 2 aromatic rings. The van der Waals surface area contributed by atoms with Crippen molar-refractivity contribution in [2.75, 3.05) is 18.4 Å². The van der Waals surface area contributed by atoms with Crippen molar-refractivity contribution in [1.29, 1.82) is 0 Å². The Hall–Kier alpha value is -2.48. The molecule has 1 aromatic carbocycles. The molecule has 0 saturated carbocycles. The summed E-state index contributed by atoms with van der Waals surface area (Å²) in [5, 5.41) is 13.8. The smallest absolute Gasteiger partial charge is 0.323 e. The molecule has 0 bridgehead atoms. The molecule has 1 fully saturated rings. The molecule has 0 aliphatic carbocycles. The number of amides is 3. The molecule has 1 saturated heterocycles. The third-order valence-corrected chi connectivity index (χ3v) is 4.81. The van der Waals surface area contributed by atoms with Crippen molar-refractivity contribution in [2.45, 2.75) is 31.7 Å². The lowest BCUT2D eigenvalue weighted by Gasteiger charge is -2.32. The Labute approximate surface area is 150 Å². The molecule has 3 amide bonds. The van der Waals surface area contributed by atoms with Gasteiger partial charge in [-0.1, -0.05) is 41.7 Å². The average molecular weight is 359 g/mol. The molecule has 0 radical (unpaired) electrons. The minimum absolute atomic E-state index is 0.0700. The van der Waals surface area contributed by atoms with E-state index in [-0.39, 0.29) is 18.0 Å². The number of nitrogens with zero attached hydrogens (tertiary/aromatic N) is 3. The van der Waals surface area contributed by atoms with Gasteiger partial charge < -0.3 is 10.2 Å². The third-order valence-electron chi connectivity index (χ3n) is 4.20. The predicted octanol–water partition coefficient (Wildman–Crippen LogP) is 2.28. The number of likely N-dealkylation sites (tertiary alicyclic amines) is 1. The first kappa shape index (κ1) is 17.3. The van der Waals surface area contributed by atoms with Gasteiger partial charge in [0.05, 0.1) is 0 Å². The number of nitrogens with one attached hydrogen (secondary N) is 2. The number of urea groups is 1. The van der Waals surface area contributed by atoms with Gasteiger partial charge in [0.2, 0.25) is 11.0 Å². The number of hydrogen-bond acceptors (Lipinski definition) is 5. The molecule has 8 heteroatoms. The Morgan fingerprint density at radius 1 is 1.20 bits per heavy atom. The lowest BCUT2D eigenvalue weighted by Crippen LogP contribution is -2.47. The normalized spacial score (nSPS) is 15.0. The number of anilines is 1. The molecule has 7 nitrogen and oxygen atoms in total. The van der Waals surface area contributed by atoms with Gasteiger partial charge in [-0.05, 0) is 24.8 Å². The van der Waals surface area contributed by atoms with E-state index in [9.17, 15) is 9.59 Å². The molecular formula is C17H21N5O2S. The van der Waals surface area contributed by atoms with Gasteiger partial charge in [-0.15, -0.1) is 10.2 Å². The van der Waals surface area contributed by atoms with E-state index in [4.69, 9.17) is 0 Å². The zero-order chi connectivity index (χ0) is 17.5. The molecule has 0 spiro atoms. The van der Waals surface area contributed by atoms with Crippen molar-refractivity contribution in [3.8, 4) is 0 Å². The maximum Gasteiger partial charge on any atom is 0.323 e. The highest BCUT2D eigenvalue weighted by Gasteiger charge is 2.24. The summed E-state index contributed by atoms with van der Waals surface area (Å²) in [4.78, 5) is 26.0. The van der Waals surface area contributed by atoms with Crippen LogP contribution in [0.25, 0.3) is 0 Å². The van der Waals surface area contributed by atoms with Crippen LogP contribution in [0.3, 0.4) is 0 Å². The monoisotopic (exact) mass is 359 g/mol. The number of carbonyl (C=O) groups is 2. The van der Waals surface area contributed by atoms with E-state index >= 15 is 0 Å². The Morgan fingerprint density at radius 2 is 1.96 bits per heavy atom. The number of rotatable bonds is 5. The van der Waals surface area contributed by atoms with Crippen molar-refractivity contribution >= 4 is 28.4 Å². The molecule has 25 heavy (non-hydrogen) atoms. The van der Waals surface area contributed by atoms with Gasteiger partial charge in [0.25, 0.3) is 0 Å². The number of benzene rings is 1. The highest BCUT2D eigenvalue weighted by Crippen LogP contribution is 2.14. The van der Waals surface area contributed by atoms with Crippen molar-refractivity contribution in [3.05, 3.63) is 41.4 Å². The highest BCUT2D eigenvalue weighted by atomic mass is 32.1. The van der Waals surface area contributed by atoms with Crippen LogP contribution in [0.4, 0.5) is 9.93 Å². The van der Waals surface area contributed by atoms with Crippen molar-refractivity contribution in [3.63, 3.8) is 0 Å². The van der Waals surface area contributed by atoms with Gasteiger partial charge in [0.1, 0.15) is 5.51 Å². The summed E-state index contributed by atoms with van der Waals surface area (Å²) in [6.45, 7) is 1.24. The summed E-state index contributed by atoms with van der Waals surface area (Å²) in [6, 6.07) is 9.97. The Balaban J connectivity index is 1.37. The quantitative estimate of drug-likeness (QED) is 0.857. The molecule has 1 aromatic heterocycles. The summed E-state index contributed by atoms with van der Waals surface area (Å²) in [6.07, 6.45) is 2.76. The third kappa shape index (κ3) is 5.25. The fourth-order valence-corrected chi connectivity index (χ4v) is 3.26. The van der Waals surface area contributed by atoms with Crippen LogP contribution in [-0.2, 0) is 11.2 Å². The maximum atomic E-state index is 12.1. The predicted molar refractivity (Wildman–Crippen MR) is 96.4 cm³/mol. The molecule has 0 unspecified atom stereocenters. The largest absolute Gasteiger partial charge is 0.353 e. The van der Waals surface area contributed by atoms with Gasteiger partial charge in [-0.2, -0.15) is 0 Å². The van der Waals surface area contributed by atoms with Crippen molar-refractivity contribution in [2.24, 2.45) is 0 Å². The van der Waals surface area contributed by atoms with E-state index in [1.54, 1.807) is 10.4 Å². The highest BCUT2D eigenvalue weighted by molar-refractivity contribution is 7.13. The fraction of sp³-hybridized carbons (Fsp3) is 0.412. The van der Waals surface area contributed by atoms with E-state index in [1.165, 1.54) is 16.9 Å². The molecule has 1 aliphatic heterocycles. The second-order valence-electron chi connectivity index (χ2n) is 5.99. The summed E-state index contributed by atoms with van der Waals surface area (Å²) in [5.41, 5.74) is 2.74. The molecular weight excluding hydrogens is 338 g/mol. The minimum Gasteiger partial charge on any atom is -0.353 e. The van der Waals surface area contributed by atoms with Gasteiger partial charge >= 0.3 is 6.03 Å². The Kier molecular flexibility index (Phi) is 5.95. The second kappa shape index (κ2) is 8.57. The van der Waals surface area contributed by atoms with E-state index in [0.29, 0.717) is 24.6 Å². The lowest BCUT2D eigenvalue weighted by atomic mass is 10.0. The van der Waals surface area contributed by atoms with Gasteiger partial charge in [-0.3, -0.25) is 10.1 Å². The number of aryl methyl sites for hydroxylation is 1. The average Bonchev–Trinajstić information content (AvgIpc) is 3.14.